The molecule has 1 rings (SSSR count). The van der Waals surface area contributed by atoms with Gasteiger partial charge in [-0.1, -0.05) is 0 Å². The molecule has 2 N–H and O–H groups in total. The lowest BCUT2D eigenvalue weighted by Crippen LogP contribution is -2.55. The fourth-order valence-electron chi connectivity index (χ4n) is 2.29. The molecule has 4 nitrogen and oxygen atoms in total. The zero-order chi connectivity index (χ0) is 13.1. The highest BCUT2D eigenvalue weighted by Crippen LogP contribution is 2.19. The fourth-order valence-corrected chi connectivity index (χ4v) is 2.29. The maximum atomic E-state index is 11.8. The van der Waals surface area contributed by atoms with E-state index >= 15 is 0 Å². The fraction of sp³-hybridized carbons (Fsp3) is 0.923. The van der Waals surface area contributed by atoms with Gasteiger partial charge in [0.25, 0.3) is 0 Å². The Morgan fingerprint density at radius 1 is 1.41 bits per heavy atom. The van der Waals surface area contributed by atoms with Gasteiger partial charge in [0.2, 0.25) is 5.91 Å². The second-order valence-electron chi connectivity index (χ2n) is 6.25. The summed E-state index contributed by atoms with van der Waals surface area (Å²) in [6, 6.07) is 0.396. The van der Waals surface area contributed by atoms with Gasteiger partial charge in [-0.25, -0.2) is 0 Å². The first-order valence-electron chi connectivity index (χ1n) is 6.48. The van der Waals surface area contributed by atoms with E-state index in [0.29, 0.717) is 18.4 Å². The molecule has 0 aliphatic carbocycles. The summed E-state index contributed by atoms with van der Waals surface area (Å²) >= 11 is 0. The highest BCUT2D eigenvalue weighted by Gasteiger charge is 2.29. The average molecular weight is 241 g/mol. The SMILES string of the molecule is CN(C)C(=O)CC1CCNCC1NC(C)(C)C. The Hall–Kier alpha value is -0.610. The van der Waals surface area contributed by atoms with Gasteiger partial charge in [0.1, 0.15) is 0 Å². The maximum absolute atomic E-state index is 11.8. The summed E-state index contributed by atoms with van der Waals surface area (Å²) in [5.74, 6) is 0.683. The Kier molecular flexibility index (Phi) is 4.95. The third-order valence-electron chi connectivity index (χ3n) is 3.18. The van der Waals surface area contributed by atoms with Crippen LogP contribution in [0.1, 0.15) is 33.6 Å². The molecular formula is C13H27N3O. The van der Waals surface area contributed by atoms with Crippen molar-refractivity contribution in [3.05, 3.63) is 0 Å². The van der Waals surface area contributed by atoms with E-state index in [1.807, 2.05) is 14.1 Å². The van der Waals surface area contributed by atoms with Crippen molar-refractivity contribution in [3.8, 4) is 0 Å². The smallest absolute Gasteiger partial charge is 0.222 e. The van der Waals surface area contributed by atoms with E-state index in [1.54, 1.807) is 4.90 Å². The zero-order valence-electron chi connectivity index (χ0n) is 11.8. The summed E-state index contributed by atoms with van der Waals surface area (Å²) in [5.41, 5.74) is 0.100. The first kappa shape index (κ1) is 14.5. The van der Waals surface area contributed by atoms with Crippen LogP contribution in [0, 0.1) is 5.92 Å². The summed E-state index contributed by atoms with van der Waals surface area (Å²) < 4.78 is 0. The van der Waals surface area contributed by atoms with Crippen LogP contribution in [0.5, 0.6) is 0 Å². The number of nitrogens with zero attached hydrogens (tertiary/aromatic N) is 1. The van der Waals surface area contributed by atoms with Gasteiger partial charge in [-0.2, -0.15) is 0 Å². The van der Waals surface area contributed by atoms with Crippen LogP contribution in [0.4, 0.5) is 0 Å². The minimum Gasteiger partial charge on any atom is -0.349 e. The summed E-state index contributed by atoms with van der Waals surface area (Å²) in [4.78, 5) is 13.5. The molecule has 0 aromatic carbocycles. The highest BCUT2D eigenvalue weighted by molar-refractivity contribution is 5.75. The molecule has 0 saturated carbocycles. The number of piperidine rings is 1. The van der Waals surface area contributed by atoms with E-state index in [-0.39, 0.29) is 11.4 Å². The molecule has 1 amide bonds. The quantitative estimate of drug-likeness (QED) is 0.769. The van der Waals surface area contributed by atoms with Gasteiger partial charge in [0, 0.05) is 38.6 Å². The standard InChI is InChI=1S/C13H27N3O/c1-13(2,3)15-11-9-14-7-6-10(11)8-12(17)16(4)5/h10-11,14-15H,6-9H2,1-5H3. The average Bonchev–Trinajstić information content (AvgIpc) is 2.18. The van der Waals surface area contributed by atoms with Crippen molar-refractivity contribution in [1.29, 1.82) is 0 Å². The second-order valence-corrected chi connectivity index (χ2v) is 6.25. The van der Waals surface area contributed by atoms with Crippen LogP contribution < -0.4 is 10.6 Å². The van der Waals surface area contributed by atoms with E-state index in [1.165, 1.54) is 0 Å². The molecule has 4 heteroatoms. The minimum atomic E-state index is 0.100. The summed E-state index contributed by atoms with van der Waals surface area (Å²) in [7, 11) is 3.66. The lowest BCUT2D eigenvalue weighted by atomic mass is 9.87. The lowest BCUT2D eigenvalue weighted by Gasteiger charge is -2.37. The molecule has 1 fully saturated rings. The van der Waals surface area contributed by atoms with Crippen LogP contribution in [0.25, 0.3) is 0 Å². The molecule has 1 aliphatic rings. The van der Waals surface area contributed by atoms with Crippen molar-refractivity contribution in [1.82, 2.24) is 15.5 Å². The monoisotopic (exact) mass is 241 g/mol. The molecule has 100 valence electrons. The number of nitrogens with one attached hydrogen (secondary N) is 2. The van der Waals surface area contributed by atoms with Crippen LogP contribution in [-0.4, -0.2) is 49.6 Å². The summed E-state index contributed by atoms with van der Waals surface area (Å²) in [6.07, 6.45) is 1.73. The summed E-state index contributed by atoms with van der Waals surface area (Å²) in [6.45, 7) is 8.50. The van der Waals surface area contributed by atoms with Crippen molar-refractivity contribution in [2.75, 3.05) is 27.2 Å². The number of amides is 1. The van der Waals surface area contributed by atoms with Gasteiger partial charge in [0.05, 0.1) is 0 Å². The molecule has 17 heavy (non-hydrogen) atoms. The third-order valence-corrected chi connectivity index (χ3v) is 3.18. The van der Waals surface area contributed by atoms with Crippen LogP contribution in [0.15, 0.2) is 0 Å². The van der Waals surface area contributed by atoms with Gasteiger partial charge < -0.3 is 15.5 Å². The van der Waals surface area contributed by atoms with Gasteiger partial charge in [-0.05, 0) is 39.7 Å². The molecular weight excluding hydrogens is 214 g/mol. The lowest BCUT2D eigenvalue weighted by molar-refractivity contribution is -0.130. The highest BCUT2D eigenvalue weighted by atomic mass is 16.2. The van der Waals surface area contributed by atoms with Crippen molar-refractivity contribution in [3.63, 3.8) is 0 Å². The van der Waals surface area contributed by atoms with Crippen molar-refractivity contribution in [2.24, 2.45) is 5.92 Å². The number of carbonyl (C=O) groups excluding carboxylic acids is 1. The van der Waals surface area contributed by atoms with Gasteiger partial charge in [0.15, 0.2) is 0 Å². The summed E-state index contributed by atoms with van der Waals surface area (Å²) in [5, 5.41) is 7.02. The Morgan fingerprint density at radius 3 is 2.59 bits per heavy atom. The van der Waals surface area contributed by atoms with Crippen LogP contribution in [0.2, 0.25) is 0 Å². The molecule has 1 saturated heterocycles. The van der Waals surface area contributed by atoms with E-state index in [0.717, 1.165) is 19.5 Å². The number of rotatable bonds is 3. The topological polar surface area (TPSA) is 44.4 Å². The first-order chi connectivity index (χ1) is 7.79. The van der Waals surface area contributed by atoms with E-state index in [4.69, 9.17) is 0 Å². The predicted octanol–water partition coefficient (Wildman–Crippen LogP) is 0.831. The minimum absolute atomic E-state index is 0.100. The zero-order valence-corrected chi connectivity index (χ0v) is 11.8. The molecule has 1 heterocycles. The largest absolute Gasteiger partial charge is 0.349 e. The third kappa shape index (κ3) is 5.04. The van der Waals surface area contributed by atoms with Crippen molar-refractivity contribution in [2.45, 2.75) is 45.2 Å². The Labute approximate surface area is 105 Å². The number of carbonyl (C=O) groups is 1. The van der Waals surface area contributed by atoms with E-state index < -0.39 is 0 Å². The van der Waals surface area contributed by atoms with Crippen molar-refractivity contribution >= 4 is 5.91 Å². The van der Waals surface area contributed by atoms with Gasteiger partial charge >= 0.3 is 0 Å². The molecule has 0 aromatic heterocycles. The van der Waals surface area contributed by atoms with Crippen molar-refractivity contribution < 1.29 is 4.79 Å². The molecule has 0 bridgehead atoms. The van der Waals surface area contributed by atoms with Crippen LogP contribution >= 0.6 is 0 Å². The van der Waals surface area contributed by atoms with Crippen LogP contribution in [0.3, 0.4) is 0 Å². The van der Waals surface area contributed by atoms with E-state index in [9.17, 15) is 4.79 Å². The maximum Gasteiger partial charge on any atom is 0.222 e. The molecule has 2 atom stereocenters. The molecule has 1 aliphatic heterocycles. The van der Waals surface area contributed by atoms with E-state index in [2.05, 4.69) is 31.4 Å². The Bertz CT molecular complexity index is 258. The molecule has 0 aromatic rings. The van der Waals surface area contributed by atoms with Crippen LogP contribution in [-0.2, 0) is 4.79 Å². The molecule has 2 unspecified atom stereocenters. The Morgan fingerprint density at radius 2 is 2.06 bits per heavy atom. The predicted molar refractivity (Wildman–Crippen MR) is 71.0 cm³/mol. The van der Waals surface area contributed by atoms with Gasteiger partial charge in [-0.15, -0.1) is 0 Å². The van der Waals surface area contributed by atoms with Gasteiger partial charge in [-0.3, -0.25) is 4.79 Å². The Balaban J connectivity index is 2.57. The second kappa shape index (κ2) is 5.83. The molecule has 0 spiro atoms. The number of hydrogen-bond donors (Lipinski definition) is 2. The molecule has 0 radical (unpaired) electrons. The first-order valence-corrected chi connectivity index (χ1v) is 6.48. The number of hydrogen-bond acceptors (Lipinski definition) is 3. The normalized spacial score (nSPS) is 25.7.